The number of benzene rings is 2. The van der Waals surface area contributed by atoms with Crippen LogP contribution in [0.5, 0.6) is 0 Å². The van der Waals surface area contributed by atoms with Crippen LogP contribution in [0.1, 0.15) is 42.5 Å². The normalized spacial score (nSPS) is 11.3. The Labute approximate surface area is 153 Å². The van der Waals surface area contributed by atoms with Gasteiger partial charge in [-0.25, -0.2) is 9.67 Å². The van der Waals surface area contributed by atoms with Crippen LogP contribution in [0.3, 0.4) is 0 Å². The fourth-order valence-electron chi connectivity index (χ4n) is 2.76. The molecule has 6 heteroatoms. The van der Waals surface area contributed by atoms with Crippen molar-refractivity contribution >= 4 is 11.6 Å². The summed E-state index contributed by atoms with van der Waals surface area (Å²) in [7, 11) is 0. The number of nitrogens with two attached hydrogens (primary N) is 1. The van der Waals surface area contributed by atoms with Crippen molar-refractivity contribution in [3.8, 4) is 5.69 Å². The molecule has 3 rings (SSSR count). The smallest absolute Gasteiger partial charge is 0.253 e. The zero-order valence-corrected chi connectivity index (χ0v) is 15.2. The first-order valence-corrected chi connectivity index (χ1v) is 8.49. The molecule has 0 fully saturated rings. The Morgan fingerprint density at radius 2 is 1.85 bits per heavy atom. The van der Waals surface area contributed by atoms with Gasteiger partial charge >= 0.3 is 0 Å². The minimum Gasteiger partial charge on any atom is -0.398 e. The van der Waals surface area contributed by atoms with Gasteiger partial charge in [0.05, 0.1) is 17.8 Å². The van der Waals surface area contributed by atoms with E-state index in [2.05, 4.69) is 36.2 Å². The van der Waals surface area contributed by atoms with Gasteiger partial charge in [-0.3, -0.25) is 4.79 Å². The van der Waals surface area contributed by atoms with Gasteiger partial charge in [-0.2, -0.15) is 0 Å². The summed E-state index contributed by atoms with van der Waals surface area (Å²) in [5.74, 6) is 0.303. The second-order valence-corrected chi connectivity index (χ2v) is 7.14. The summed E-state index contributed by atoms with van der Waals surface area (Å²) in [5, 5.41) is 7.23. The van der Waals surface area contributed by atoms with Crippen LogP contribution in [0, 0.1) is 0 Å². The molecule has 0 bridgehead atoms. The molecular weight excluding hydrogens is 326 g/mol. The fourth-order valence-corrected chi connectivity index (χ4v) is 2.76. The lowest BCUT2D eigenvalue weighted by Crippen LogP contribution is -2.26. The standard InChI is InChI=1S/C20H23N5O/c1-20(2,3)16-11-7-10-15(18(16)21)19(26)22-12-17-23-13-25(24-17)14-8-5-4-6-9-14/h4-11,13H,12,21H2,1-3H3,(H,22,26). The number of rotatable bonds is 4. The van der Waals surface area contributed by atoms with Crippen molar-refractivity contribution in [2.45, 2.75) is 32.7 Å². The predicted octanol–water partition coefficient (Wildman–Crippen LogP) is 3.08. The molecule has 0 radical (unpaired) electrons. The maximum absolute atomic E-state index is 12.5. The molecule has 6 nitrogen and oxygen atoms in total. The van der Waals surface area contributed by atoms with Gasteiger partial charge in [0.2, 0.25) is 0 Å². The molecule has 1 aromatic heterocycles. The Balaban J connectivity index is 1.71. The highest BCUT2D eigenvalue weighted by Crippen LogP contribution is 2.29. The Morgan fingerprint density at radius 3 is 2.54 bits per heavy atom. The number of carbonyl (C=O) groups excluding carboxylic acids is 1. The second-order valence-electron chi connectivity index (χ2n) is 7.14. The third kappa shape index (κ3) is 3.74. The molecule has 1 heterocycles. The molecule has 0 saturated carbocycles. The quantitative estimate of drug-likeness (QED) is 0.709. The number of para-hydroxylation sites is 2. The van der Waals surface area contributed by atoms with Crippen LogP contribution < -0.4 is 11.1 Å². The Bertz CT molecular complexity index is 909. The van der Waals surface area contributed by atoms with Gasteiger partial charge in [0.1, 0.15) is 6.33 Å². The highest BCUT2D eigenvalue weighted by Gasteiger charge is 2.21. The van der Waals surface area contributed by atoms with E-state index in [9.17, 15) is 4.79 Å². The van der Waals surface area contributed by atoms with Crippen molar-refractivity contribution in [2.75, 3.05) is 5.73 Å². The predicted molar refractivity (Wildman–Crippen MR) is 102 cm³/mol. The van der Waals surface area contributed by atoms with Gasteiger partial charge in [0.15, 0.2) is 5.82 Å². The SMILES string of the molecule is CC(C)(C)c1cccc(C(=O)NCc2ncn(-c3ccccc3)n2)c1N. The third-order valence-corrected chi connectivity index (χ3v) is 4.13. The van der Waals surface area contributed by atoms with Crippen molar-refractivity contribution in [3.05, 3.63) is 71.8 Å². The molecule has 0 spiro atoms. The van der Waals surface area contributed by atoms with Crippen molar-refractivity contribution in [2.24, 2.45) is 0 Å². The van der Waals surface area contributed by atoms with Crippen LogP contribution in [-0.2, 0) is 12.0 Å². The van der Waals surface area contributed by atoms with Crippen LogP contribution in [0.25, 0.3) is 5.69 Å². The molecule has 3 N–H and O–H groups in total. The molecular formula is C20H23N5O. The van der Waals surface area contributed by atoms with Crippen molar-refractivity contribution in [1.29, 1.82) is 0 Å². The summed E-state index contributed by atoms with van der Waals surface area (Å²) in [6.07, 6.45) is 1.63. The van der Waals surface area contributed by atoms with Crippen molar-refractivity contribution in [3.63, 3.8) is 0 Å². The largest absolute Gasteiger partial charge is 0.398 e. The van der Waals surface area contributed by atoms with Gasteiger partial charge in [-0.15, -0.1) is 5.10 Å². The Kier molecular flexibility index (Phi) is 4.75. The molecule has 134 valence electrons. The number of anilines is 1. The number of nitrogens with zero attached hydrogens (tertiary/aromatic N) is 3. The molecule has 0 aliphatic rings. The molecule has 26 heavy (non-hydrogen) atoms. The average Bonchev–Trinajstić information content (AvgIpc) is 3.08. The van der Waals surface area contributed by atoms with E-state index in [-0.39, 0.29) is 17.9 Å². The van der Waals surface area contributed by atoms with E-state index < -0.39 is 0 Å². The van der Waals surface area contributed by atoms with Crippen LogP contribution in [0.4, 0.5) is 5.69 Å². The first kappa shape index (κ1) is 17.7. The number of nitrogens with one attached hydrogen (secondary N) is 1. The maximum Gasteiger partial charge on any atom is 0.253 e. The number of amides is 1. The molecule has 2 aromatic carbocycles. The summed E-state index contributed by atoms with van der Waals surface area (Å²) in [4.78, 5) is 16.8. The zero-order chi connectivity index (χ0) is 18.7. The summed E-state index contributed by atoms with van der Waals surface area (Å²) < 4.78 is 1.68. The fraction of sp³-hybridized carbons (Fsp3) is 0.250. The molecule has 0 unspecified atom stereocenters. The highest BCUT2D eigenvalue weighted by molar-refractivity contribution is 5.99. The van der Waals surface area contributed by atoms with Gasteiger partial charge in [0, 0.05) is 5.69 Å². The number of hydrogen-bond donors (Lipinski definition) is 2. The summed E-state index contributed by atoms with van der Waals surface area (Å²) in [6, 6.07) is 15.2. The minimum absolute atomic E-state index is 0.129. The van der Waals surface area contributed by atoms with E-state index >= 15 is 0 Å². The average molecular weight is 349 g/mol. The van der Waals surface area contributed by atoms with Crippen LogP contribution in [0.15, 0.2) is 54.9 Å². The van der Waals surface area contributed by atoms with E-state index in [4.69, 9.17) is 5.73 Å². The summed E-state index contributed by atoms with van der Waals surface area (Å²) >= 11 is 0. The molecule has 0 saturated heterocycles. The van der Waals surface area contributed by atoms with Gasteiger partial charge < -0.3 is 11.1 Å². The molecule has 3 aromatic rings. The van der Waals surface area contributed by atoms with Gasteiger partial charge in [-0.1, -0.05) is 51.1 Å². The highest BCUT2D eigenvalue weighted by atomic mass is 16.1. The first-order valence-electron chi connectivity index (χ1n) is 8.49. The lowest BCUT2D eigenvalue weighted by atomic mass is 9.84. The van der Waals surface area contributed by atoms with Crippen LogP contribution in [0.2, 0.25) is 0 Å². The zero-order valence-electron chi connectivity index (χ0n) is 15.2. The van der Waals surface area contributed by atoms with Crippen LogP contribution >= 0.6 is 0 Å². The van der Waals surface area contributed by atoms with Crippen molar-refractivity contribution < 1.29 is 4.79 Å². The number of hydrogen-bond acceptors (Lipinski definition) is 4. The van der Waals surface area contributed by atoms with E-state index in [1.807, 2.05) is 42.5 Å². The van der Waals surface area contributed by atoms with E-state index in [0.717, 1.165) is 11.3 Å². The lowest BCUT2D eigenvalue weighted by molar-refractivity contribution is 0.0950. The lowest BCUT2D eigenvalue weighted by Gasteiger charge is -2.22. The van der Waals surface area contributed by atoms with Crippen LogP contribution in [-0.4, -0.2) is 20.7 Å². The molecule has 0 aliphatic carbocycles. The van der Waals surface area contributed by atoms with E-state index in [1.54, 1.807) is 17.1 Å². The van der Waals surface area contributed by atoms with Gasteiger partial charge in [0.25, 0.3) is 5.91 Å². The number of nitrogen functional groups attached to an aromatic ring is 1. The number of aromatic nitrogens is 3. The molecule has 1 amide bonds. The summed E-state index contributed by atoms with van der Waals surface area (Å²) in [5.41, 5.74) is 8.95. The maximum atomic E-state index is 12.5. The molecule has 0 aliphatic heterocycles. The van der Waals surface area contributed by atoms with Gasteiger partial charge in [-0.05, 0) is 29.2 Å². The Hall–Kier alpha value is -3.15. The van der Waals surface area contributed by atoms with E-state index in [0.29, 0.717) is 17.1 Å². The topological polar surface area (TPSA) is 85.8 Å². The van der Waals surface area contributed by atoms with E-state index in [1.165, 1.54) is 0 Å². The van der Waals surface area contributed by atoms with Crippen molar-refractivity contribution in [1.82, 2.24) is 20.1 Å². The summed E-state index contributed by atoms with van der Waals surface area (Å²) in [6.45, 7) is 6.44. The second kappa shape index (κ2) is 7.00. The minimum atomic E-state index is -0.232. The Morgan fingerprint density at radius 1 is 1.12 bits per heavy atom. The number of carbonyl (C=O) groups is 1. The molecule has 0 atom stereocenters. The monoisotopic (exact) mass is 349 g/mol. The first-order chi connectivity index (χ1) is 12.4. The third-order valence-electron chi connectivity index (χ3n) is 4.13.